The van der Waals surface area contributed by atoms with Gasteiger partial charge in [0.15, 0.2) is 0 Å². The SMILES string of the molecule is CC[Si](C)(C1=CC=CC1)C1=CC=CC1.[Li+]. The predicted octanol–water partition coefficient (Wildman–Crippen LogP) is 0.940. The second-order valence-electron chi connectivity index (χ2n) is 4.33. The summed E-state index contributed by atoms with van der Waals surface area (Å²) >= 11 is 0. The van der Waals surface area contributed by atoms with Crippen LogP contribution in [0.4, 0.5) is 0 Å². The van der Waals surface area contributed by atoms with Gasteiger partial charge in [0.1, 0.15) is 8.07 Å². The van der Waals surface area contributed by atoms with E-state index in [2.05, 4.69) is 49.9 Å². The van der Waals surface area contributed by atoms with Crippen molar-refractivity contribution >= 4 is 8.07 Å². The van der Waals surface area contributed by atoms with Crippen LogP contribution in [0.25, 0.3) is 0 Å². The number of rotatable bonds is 3. The van der Waals surface area contributed by atoms with Gasteiger partial charge >= 0.3 is 18.9 Å². The Bertz CT molecular complexity index is 318. The third kappa shape index (κ3) is 2.31. The van der Waals surface area contributed by atoms with Crippen LogP contribution in [0, 0.1) is 0 Å². The Morgan fingerprint density at radius 3 is 1.80 bits per heavy atom. The van der Waals surface area contributed by atoms with Gasteiger partial charge in [0.2, 0.25) is 0 Å². The van der Waals surface area contributed by atoms with Crippen molar-refractivity contribution in [2.75, 3.05) is 0 Å². The van der Waals surface area contributed by atoms with Gasteiger partial charge in [-0.05, 0) is 12.8 Å². The minimum absolute atomic E-state index is 0. The minimum atomic E-state index is -1.26. The molecule has 0 fully saturated rings. The molecule has 2 aliphatic rings. The minimum Gasteiger partial charge on any atom is -0.0809 e. The largest absolute Gasteiger partial charge is 1.00 e. The van der Waals surface area contributed by atoms with Crippen LogP contribution in [-0.4, -0.2) is 8.07 Å². The molecule has 0 nitrogen and oxygen atoms in total. The average Bonchev–Trinajstić information content (AvgIpc) is 2.88. The van der Waals surface area contributed by atoms with Gasteiger partial charge in [-0.2, -0.15) is 0 Å². The number of allylic oxidation sites excluding steroid dienone is 8. The maximum atomic E-state index is 2.52. The van der Waals surface area contributed by atoms with E-state index in [1.807, 2.05) is 0 Å². The molecule has 0 aromatic heterocycles. The predicted molar refractivity (Wildman–Crippen MR) is 65.8 cm³/mol. The summed E-state index contributed by atoms with van der Waals surface area (Å²) in [6, 6.07) is 1.34. The van der Waals surface area contributed by atoms with Gasteiger partial charge < -0.3 is 0 Å². The monoisotopic (exact) mass is 209 g/mol. The van der Waals surface area contributed by atoms with Crippen molar-refractivity contribution < 1.29 is 18.9 Å². The Labute approximate surface area is 106 Å². The van der Waals surface area contributed by atoms with E-state index in [-0.39, 0.29) is 18.9 Å². The van der Waals surface area contributed by atoms with Crippen molar-refractivity contribution in [1.29, 1.82) is 0 Å². The molecule has 0 saturated carbocycles. The summed E-state index contributed by atoms with van der Waals surface area (Å²) in [7, 11) is -1.26. The molecule has 0 aromatic carbocycles. The van der Waals surface area contributed by atoms with Crippen LogP contribution < -0.4 is 18.9 Å². The second-order valence-corrected chi connectivity index (χ2v) is 8.99. The zero-order valence-electron chi connectivity index (χ0n) is 10.1. The van der Waals surface area contributed by atoms with Crippen molar-refractivity contribution in [2.45, 2.75) is 32.4 Å². The van der Waals surface area contributed by atoms with Gasteiger partial charge in [-0.15, -0.1) is 0 Å². The van der Waals surface area contributed by atoms with E-state index in [0.717, 1.165) is 0 Å². The molecule has 0 aromatic rings. The van der Waals surface area contributed by atoms with E-state index in [4.69, 9.17) is 0 Å². The van der Waals surface area contributed by atoms with Gasteiger partial charge in [-0.25, -0.2) is 0 Å². The van der Waals surface area contributed by atoms with Crippen LogP contribution in [0.1, 0.15) is 19.8 Å². The first kappa shape index (κ1) is 12.8. The first-order valence-corrected chi connectivity index (χ1v) is 8.20. The third-order valence-electron chi connectivity index (χ3n) is 3.67. The topological polar surface area (TPSA) is 0 Å². The molecule has 0 bridgehead atoms. The Morgan fingerprint density at radius 1 is 1.07 bits per heavy atom. The number of hydrogen-bond acceptors (Lipinski definition) is 0. The summed E-state index contributed by atoms with van der Waals surface area (Å²) in [4.78, 5) is 0. The maximum Gasteiger partial charge on any atom is 1.00 e. The van der Waals surface area contributed by atoms with E-state index in [1.165, 1.54) is 18.9 Å². The second kappa shape index (κ2) is 5.21. The molecule has 0 N–H and O–H groups in total. The molecule has 2 rings (SSSR count). The first-order chi connectivity index (χ1) is 6.77. The Morgan fingerprint density at radius 2 is 1.53 bits per heavy atom. The molecule has 0 heterocycles. The summed E-state index contributed by atoms with van der Waals surface area (Å²) in [6.07, 6.45) is 16.1. The fourth-order valence-corrected chi connectivity index (χ4v) is 5.76. The average molecular weight is 209 g/mol. The van der Waals surface area contributed by atoms with E-state index in [9.17, 15) is 0 Å². The van der Waals surface area contributed by atoms with E-state index >= 15 is 0 Å². The molecule has 2 aliphatic carbocycles. The molecule has 74 valence electrons. The van der Waals surface area contributed by atoms with Crippen LogP contribution in [0.2, 0.25) is 12.6 Å². The molecule has 0 unspecified atom stereocenters. The Balaban J connectivity index is 0.00000112. The molecule has 0 saturated heterocycles. The summed E-state index contributed by atoms with van der Waals surface area (Å²) in [5, 5.41) is 3.44. The molecule has 0 radical (unpaired) electrons. The summed E-state index contributed by atoms with van der Waals surface area (Å²) < 4.78 is 0. The van der Waals surface area contributed by atoms with Crippen LogP contribution in [-0.2, 0) is 0 Å². The normalized spacial score (nSPS) is 18.8. The van der Waals surface area contributed by atoms with Gasteiger partial charge in [0.05, 0.1) is 0 Å². The fraction of sp³-hybridized carbons (Fsp3) is 0.385. The summed E-state index contributed by atoms with van der Waals surface area (Å²) in [5.74, 6) is 0. The molecule has 0 aliphatic heterocycles. The number of hydrogen-bond donors (Lipinski definition) is 0. The quantitative estimate of drug-likeness (QED) is 0.607. The molecule has 2 heteroatoms. The van der Waals surface area contributed by atoms with Gasteiger partial charge in [-0.1, -0.05) is 66.4 Å². The van der Waals surface area contributed by atoms with E-state index < -0.39 is 8.07 Å². The van der Waals surface area contributed by atoms with Crippen LogP contribution >= 0.6 is 0 Å². The maximum absolute atomic E-state index is 2.52. The Kier molecular flexibility index (Phi) is 4.46. The zero-order valence-corrected chi connectivity index (χ0v) is 11.1. The molecule has 15 heavy (non-hydrogen) atoms. The van der Waals surface area contributed by atoms with Crippen molar-refractivity contribution in [3.63, 3.8) is 0 Å². The zero-order chi connectivity index (χ0) is 10.0. The van der Waals surface area contributed by atoms with Crippen molar-refractivity contribution in [1.82, 2.24) is 0 Å². The van der Waals surface area contributed by atoms with E-state index in [1.54, 1.807) is 10.4 Å². The summed E-state index contributed by atoms with van der Waals surface area (Å²) in [6.45, 7) is 4.87. The molecular formula is C13H18LiSi+. The van der Waals surface area contributed by atoms with Gasteiger partial charge in [0.25, 0.3) is 0 Å². The van der Waals surface area contributed by atoms with Crippen LogP contribution in [0.3, 0.4) is 0 Å². The van der Waals surface area contributed by atoms with Gasteiger partial charge in [0, 0.05) is 0 Å². The fourth-order valence-electron chi connectivity index (χ4n) is 2.37. The van der Waals surface area contributed by atoms with Gasteiger partial charge in [-0.3, -0.25) is 0 Å². The molecular weight excluding hydrogens is 191 g/mol. The standard InChI is InChI=1S/C13H18Si.Li/c1-3-14(2,12-8-4-5-9-12)13-10-6-7-11-13;/h4-8,10H,3,9,11H2,1-2H3;/q;+1. The first-order valence-electron chi connectivity index (χ1n) is 5.49. The Hall–Kier alpha value is -0.226. The van der Waals surface area contributed by atoms with Crippen LogP contribution in [0.5, 0.6) is 0 Å². The van der Waals surface area contributed by atoms with Crippen molar-refractivity contribution in [3.8, 4) is 0 Å². The third-order valence-corrected chi connectivity index (χ3v) is 8.66. The smallest absolute Gasteiger partial charge is 0.0809 e. The van der Waals surface area contributed by atoms with E-state index in [0.29, 0.717) is 0 Å². The molecule has 0 atom stereocenters. The summed E-state index contributed by atoms with van der Waals surface area (Å²) in [5.41, 5.74) is 0. The molecule has 0 spiro atoms. The van der Waals surface area contributed by atoms with Crippen molar-refractivity contribution in [2.24, 2.45) is 0 Å². The van der Waals surface area contributed by atoms with Crippen molar-refractivity contribution in [3.05, 3.63) is 46.8 Å². The molecule has 0 amide bonds. The van der Waals surface area contributed by atoms with Crippen LogP contribution in [0.15, 0.2) is 46.8 Å².